The van der Waals surface area contributed by atoms with Gasteiger partial charge in [-0.05, 0) is 44.9 Å². The van der Waals surface area contributed by atoms with Crippen LogP contribution in [0.5, 0.6) is 0 Å². The minimum Gasteiger partial charge on any atom is -0.384 e. The van der Waals surface area contributed by atoms with Gasteiger partial charge < -0.3 is 10.4 Å². The lowest BCUT2D eigenvalue weighted by molar-refractivity contribution is 0.0267. The van der Waals surface area contributed by atoms with Gasteiger partial charge >= 0.3 is 0 Å². The number of benzene rings is 1. The summed E-state index contributed by atoms with van der Waals surface area (Å²) in [6, 6.07) is 10.2. The SMILES string of the molecule is CC(O)(CC1CCCCN1)c1cnnn1-c1ccccc1. The predicted octanol–water partition coefficient (Wildman–Crippen LogP) is 2.01. The molecule has 1 aromatic heterocycles. The number of nitrogens with one attached hydrogen (secondary N) is 1. The number of para-hydroxylation sites is 1. The van der Waals surface area contributed by atoms with E-state index in [0.717, 1.165) is 24.3 Å². The van der Waals surface area contributed by atoms with E-state index >= 15 is 0 Å². The van der Waals surface area contributed by atoms with Gasteiger partial charge in [0.1, 0.15) is 5.60 Å². The van der Waals surface area contributed by atoms with Crippen LogP contribution in [0.25, 0.3) is 5.69 Å². The first-order valence-corrected chi connectivity index (χ1v) is 7.59. The van der Waals surface area contributed by atoms with Crippen LogP contribution >= 0.6 is 0 Å². The molecule has 0 saturated carbocycles. The molecule has 5 heteroatoms. The van der Waals surface area contributed by atoms with Crippen LogP contribution in [0.3, 0.4) is 0 Å². The summed E-state index contributed by atoms with van der Waals surface area (Å²) < 4.78 is 1.73. The normalized spacial score (nSPS) is 21.9. The molecular weight excluding hydrogens is 264 g/mol. The molecular formula is C16H22N4O. The van der Waals surface area contributed by atoms with E-state index in [1.165, 1.54) is 12.8 Å². The minimum absolute atomic E-state index is 0.355. The second-order valence-electron chi connectivity index (χ2n) is 5.99. The maximum atomic E-state index is 10.9. The van der Waals surface area contributed by atoms with Gasteiger partial charge in [-0.15, -0.1) is 5.10 Å². The third-order valence-electron chi connectivity index (χ3n) is 4.16. The Balaban J connectivity index is 1.84. The van der Waals surface area contributed by atoms with Gasteiger partial charge in [0.2, 0.25) is 0 Å². The maximum Gasteiger partial charge on any atom is 0.107 e. The Morgan fingerprint density at radius 2 is 2.14 bits per heavy atom. The summed E-state index contributed by atoms with van der Waals surface area (Å²) in [5, 5.41) is 22.5. The van der Waals surface area contributed by atoms with Gasteiger partial charge in [-0.2, -0.15) is 0 Å². The van der Waals surface area contributed by atoms with Crippen LogP contribution < -0.4 is 5.32 Å². The standard InChI is InChI=1S/C16H22N4O/c1-16(21,11-13-7-5-6-10-17-13)15-12-18-19-20(15)14-8-3-2-4-9-14/h2-4,8-9,12-13,17,21H,5-7,10-11H2,1H3. The van der Waals surface area contributed by atoms with Crippen LogP contribution in [0.2, 0.25) is 0 Å². The molecule has 2 unspecified atom stereocenters. The van der Waals surface area contributed by atoms with E-state index in [4.69, 9.17) is 0 Å². The van der Waals surface area contributed by atoms with Crippen molar-refractivity contribution < 1.29 is 5.11 Å². The van der Waals surface area contributed by atoms with Crippen LogP contribution in [0.1, 0.15) is 38.3 Å². The Morgan fingerprint density at radius 3 is 2.86 bits per heavy atom. The van der Waals surface area contributed by atoms with Crippen LogP contribution in [0, 0.1) is 0 Å². The highest BCUT2D eigenvalue weighted by atomic mass is 16.3. The van der Waals surface area contributed by atoms with Crippen molar-refractivity contribution in [1.82, 2.24) is 20.3 Å². The Kier molecular flexibility index (Phi) is 4.03. The van der Waals surface area contributed by atoms with Gasteiger partial charge in [0.15, 0.2) is 0 Å². The van der Waals surface area contributed by atoms with Crippen molar-refractivity contribution in [2.45, 2.75) is 44.2 Å². The molecule has 112 valence electrons. The predicted molar refractivity (Wildman–Crippen MR) is 81.2 cm³/mol. The van der Waals surface area contributed by atoms with Gasteiger partial charge in [0.05, 0.1) is 17.6 Å². The highest BCUT2D eigenvalue weighted by molar-refractivity contribution is 5.32. The van der Waals surface area contributed by atoms with Crippen molar-refractivity contribution in [3.05, 3.63) is 42.2 Å². The Labute approximate surface area is 125 Å². The number of rotatable bonds is 4. The summed E-state index contributed by atoms with van der Waals surface area (Å²) in [4.78, 5) is 0. The molecule has 21 heavy (non-hydrogen) atoms. The molecule has 3 rings (SSSR count). The zero-order valence-electron chi connectivity index (χ0n) is 12.4. The zero-order valence-corrected chi connectivity index (χ0v) is 12.4. The molecule has 0 aliphatic carbocycles. The lowest BCUT2D eigenvalue weighted by Gasteiger charge is -2.31. The first-order valence-electron chi connectivity index (χ1n) is 7.59. The topological polar surface area (TPSA) is 63.0 Å². The van der Waals surface area contributed by atoms with Crippen molar-refractivity contribution in [2.24, 2.45) is 0 Å². The molecule has 0 radical (unpaired) electrons. The van der Waals surface area contributed by atoms with E-state index in [2.05, 4.69) is 15.6 Å². The van der Waals surface area contributed by atoms with Crippen LogP contribution in [0.4, 0.5) is 0 Å². The molecule has 0 amide bonds. The molecule has 2 N–H and O–H groups in total. The third kappa shape index (κ3) is 3.14. The van der Waals surface area contributed by atoms with Gasteiger partial charge in [-0.3, -0.25) is 0 Å². The number of piperidine rings is 1. The third-order valence-corrected chi connectivity index (χ3v) is 4.16. The Morgan fingerprint density at radius 1 is 1.33 bits per heavy atom. The molecule has 2 aromatic rings. The lowest BCUT2D eigenvalue weighted by atomic mass is 9.89. The average molecular weight is 286 g/mol. The van der Waals surface area contributed by atoms with Crippen LogP contribution in [-0.2, 0) is 5.60 Å². The summed E-state index contributed by atoms with van der Waals surface area (Å²) in [7, 11) is 0. The van der Waals surface area contributed by atoms with E-state index in [0.29, 0.717) is 12.5 Å². The molecule has 2 atom stereocenters. The summed E-state index contributed by atoms with van der Waals surface area (Å²) in [5.74, 6) is 0. The maximum absolute atomic E-state index is 10.9. The molecule has 0 bridgehead atoms. The zero-order chi connectivity index (χ0) is 14.7. The fourth-order valence-corrected chi connectivity index (χ4v) is 3.04. The fourth-order valence-electron chi connectivity index (χ4n) is 3.04. The van der Waals surface area contributed by atoms with Crippen LogP contribution in [-0.4, -0.2) is 32.7 Å². The molecule has 0 spiro atoms. The van der Waals surface area contributed by atoms with Crippen molar-refractivity contribution in [3.63, 3.8) is 0 Å². The van der Waals surface area contributed by atoms with E-state index in [1.54, 1.807) is 10.9 Å². The minimum atomic E-state index is -0.950. The van der Waals surface area contributed by atoms with E-state index in [9.17, 15) is 5.11 Å². The molecule has 1 aliphatic rings. The summed E-state index contributed by atoms with van der Waals surface area (Å²) >= 11 is 0. The Hall–Kier alpha value is -1.72. The highest BCUT2D eigenvalue weighted by Gasteiger charge is 2.32. The molecule has 5 nitrogen and oxygen atoms in total. The monoisotopic (exact) mass is 286 g/mol. The summed E-state index contributed by atoms with van der Waals surface area (Å²) in [6.07, 6.45) is 5.90. The number of aliphatic hydroxyl groups is 1. The lowest BCUT2D eigenvalue weighted by Crippen LogP contribution is -2.40. The first-order chi connectivity index (χ1) is 10.2. The summed E-state index contributed by atoms with van der Waals surface area (Å²) in [6.45, 7) is 2.89. The second kappa shape index (κ2) is 5.95. The molecule has 1 saturated heterocycles. The van der Waals surface area contributed by atoms with Crippen LogP contribution in [0.15, 0.2) is 36.5 Å². The van der Waals surface area contributed by atoms with E-state index in [-0.39, 0.29) is 0 Å². The van der Waals surface area contributed by atoms with Gasteiger partial charge in [0, 0.05) is 6.04 Å². The average Bonchev–Trinajstić information content (AvgIpc) is 2.99. The molecule has 2 heterocycles. The van der Waals surface area contributed by atoms with E-state index < -0.39 is 5.60 Å². The first kappa shape index (κ1) is 14.2. The number of hydrogen-bond acceptors (Lipinski definition) is 4. The molecule has 1 fully saturated rings. The number of hydrogen-bond donors (Lipinski definition) is 2. The second-order valence-corrected chi connectivity index (χ2v) is 5.99. The van der Waals surface area contributed by atoms with Gasteiger partial charge in [-0.1, -0.05) is 29.8 Å². The Bertz CT molecular complexity index is 573. The highest BCUT2D eigenvalue weighted by Crippen LogP contribution is 2.29. The van der Waals surface area contributed by atoms with Crippen molar-refractivity contribution in [2.75, 3.05) is 6.54 Å². The number of aromatic nitrogens is 3. The van der Waals surface area contributed by atoms with Crippen molar-refractivity contribution in [3.8, 4) is 5.69 Å². The number of nitrogens with zero attached hydrogens (tertiary/aromatic N) is 3. The van der Waals surface area contributed by atoms with Crippen molar-refractivity contribution in [1.29, 1.82) is 0 Å². The molecule has 1 aliphatic heterocycles. The van der Waals surface area contributed by atoms with Gasteiger partial charge in [0.25, 0.3) is 0 Å². The van der Waals surface area contributed by atoms with E-state index in [1.807, 2.05) is 37.3 Å². The smallest absolute Gasteiger partial charge is 0.107 e. The molecule has 1 aromatic carbocycles. The quantitative estimate of drug-likeness (QED) is 0.902. The fraction of sp³-hybridized carbons (Fsp3) is 0.500. The largest absolute Gasteiger partial charge is 0.384 e. The van der Waals surface area contributed by atoms with Crippen molar-refractivity contribution >= 4 is 0 Å². The van der Waals surface area contributed by atoms with Gasteiger partial charge in [-0.25, -0.2) is 4.68 Å². The summed E-state index contributed by atoms with van der Waals surface area (Å²) in [5.41, 5.74) is 0.705.